The highest BCUT2D eigenvalue weighted by Gasteiger charge is 2.61. The molecule has 1 saturated heterocycles. The van der Waals surface area contributed by atoms with Crippen molar-refractivity contribution in [3.63, 3.8) is 0 Å². The lowest BCUT2D eigenvalue weighted by atomic mass is 9.84. The lowest BCUT2D eigenvalue weighted by Crippen LogP contribution is -2.55. The zero-order valence-electron chi connectivity index (χ0n) is 10.5. The molecule has 1 rings (SSSR count). The highest BCUT2D eigenvalue weighted by atomic mass is 19.4. The summed E-state index contributed by atoms with van der Waals surface area (Å²) in [7, 11) is 0. The highest BCUT2D eigenvalue weighted by molar-refractivity contribution is 5.88. The van der Waals surface area contributed by atoms with E-state index in [1.54, 1.807) is 6.92 Å². The number of carbonyl (C=O) groups is 2. The third-order valence-corrected chi connectivity index (χ3v) is 3.31. The van der Waals surface area contributed by atoms with Crippen LogP contribution in [-0.4, -0.2) is 42.3 Å². The lowest BCUT2D eigenvalue weighted by Gasteiger charge is -2.30. The zero-order valence-corrected chi connectivity index (χ0v) is 10.5. The van der Waals surface area contributed by atoms with Gasteiger partial charge in [0, 0.05) is 6.54 Å². The molecule has 1 amide bonds. The van der Waals surface area contributed by atoms with Crippen LogP contribution in [0.5, 0.6) is 0 Å². The van der Waals surface area contributed by atoms with Crippen molar-refractivity contribution in [3.05, 3.63) is 0 Å². The number of carbonyl (C=O) groups excluding carboxylic acids is 1. The van der Waals surface area contributed by atoms with Gasteiger partial charge >= 0.3 is 12.1 Å². The molecule has 0 aromatic heterocycles. The number of nitrogens with one attached hydrogen (secondary N) is 2. The number of rotatable bonds is 5. The summed E-state index contributed by atoms with van der Waals surface area (Å²) in [5, 5.41) is 13.4. The summed E-state index contributed by atoms with van der Waals surface area (Å²) in [5.74, 6) is -2.58. The van der Waals surface area contributed by atoms with Gasteiger partial charge in [-0.1, -0.05) is 13.3 Å². The Morgan fingerprint density at radius 3 is 2.47 bits per heavy atom. The van der Waals surface area contributed by atoms with Gasteiger partial charge in [-0.2, -0.15) is 13.2 Å². The second-order valence-electron chi connectivity index (χ2n) is 4.66. The number of carboxylic acid groups (broad SMARTS) is 1. The minimum atomic E-state index is -4.70. The molecule has 2 atom stereocenters. The second-order valence-corrected chi connectivity index (χ2v) is 4.66. The quantitative estimate of drug-likeness (QED) is 0.700. The SMILES string of the molecule is CCC[C@@H](NC(=O)C1(C(F)(F)F)CCNC1)C(=O)O. The molecule has 0 radical (unpaired) electrons. The smallest absolute Gasteiger partial charge is 0.404 e. The molecule has 19 heavy (non-hydrogen) atoms. The summed E-state index contributed by atoms with van der Waals surface area (Å²) < 4.78 is 39.2. The summed E-state index contributed by atoms with van der Waals surface area (Å²) in [5.41, 5.74) is -2.52. The fourth-order valence-electron chi connectivity index (χ4n) is 2.10. The minimum Gasteiger partial charge on any atom is -0.480 e. The van der Waals surface area contributed by atoms with Gasteiger partial charge in [-0.15, -0.1) is 0 Å². The third kappa shape index (κ3) is 3.17. The molecule has 0 aromatic rings. The van der Waals surface area contributed by atoms with E-state index in [-0.39, 0.29) is 19.4 Å². The monoisotopic (exact) mass is 282 g/mol. The first kappa shape index (κ1) is 15.7. The predicted molar refractivity (Wildman–Crippen MR) is 60.4 cm³/mol. The van der Waals surface area contributed by atoms with Crippen molar-refractivity contribution in [1.82, 2.24) is 10.6 Å². The van der Waals surface area contributed by atoms with E-state index in [0.717, 1.165) is 0 Å². The molecular weight excluding hydrogens is 265 g/mol. The van der Waals surface area contributed by atoms with Gasteiger partial charge in [-0.25, -0.2) is 4.79 Å². The number of aliphatic carboxylic acids is 1. The molecule has 0 aromatic carbocycles. The van der Waals surface area contributed by atoms with Gasteiger partial charge in [0.2, 0.25) is 5.91 Å². The molecular formula is C11H17F3N2O3. The van der Waals surface area contributed by atoms with Gasteiger partial charge < -0.3 is 15.7 Å². The minimum absolute atomic E-state index is 0.0818. The number of hydrogen-bond donors (Lipinski definition) is 3. The van der Waals surface area contributed by atoms with Crippen LogP contribution in [0.25, 0.3) is 0 Å². The molecule has 0 bridgehead atoms. The van der Waals surface area contributed by atoms with Crippen LogP contribution in [0, 0.1) is 5.41 Å². The van der Waals surface area contributed by atoms with Gasteiger partial charge in [0.05, 0.1) is 0 Å². The van der Waals surface area contributed by atoms with Crippen molar-refractivity contribution >= 4 is 11.9 Å². The second kappa shape index (κ2) is 5.77. The van der Waals surface area contributed by atoms with Gasteiger partial charge in [-0.05, 0) is 19.4 Å². The van der Waals surface area contributed by atoms with E-state index >= 15 is 0 Å². The Morgan fingerprint density at radius 1 is 1.47 bits per heavy atom. The average Bonchev–Trinajstić information content (AvgIpc) is 2.77. The maximum absolute atomic E-state index is 13.1. The van der Waals surface area contributed by atoms with Crippen LogP contribution in [0.4, 0.5) is 13.2 Å². The Balaban J connectivity index is 2.87. The molecule has 1 fully saturated rings. The fourth-order valence-corrected chi connectivity index (χ4v) is 2.10. The normalized spacial score (nSPS) is 25.1. The lowest BCUT2D eigenvalue weighted by molar-refractivity contribution is -0.216. The van der Waals surface area contributed by atoms with Crippen LogP contribution in [0.15, 0.2) is 0 Å². The fraction of sp³-hybridized carbons (Fsp3) is 0.818. The molecule has 1 heterocycles. The average molecular weight is 282 g/mol. The number of amides is 1. The number of alkyl halides is 3. The van der Waals surface area contributed by atoms with E-state index < -0.39 is 36.1 Å². The molecule has 0 saturated carbocycles. The van der Waals surface area contributed by atoms with E-state index in [4.69, 9.17) is 5.11 Å². The summed E-state index contributed by atoms with van der Waals surface area (Å²) in [4.78, 5) is 22.8. The van der Waals surface area contributed by atoms with Crippen LogP contribution in [-0.2, 0) is 9.59 Å². The molecule has 5 nitrogen and oxygen atoms in total. The number of carboxylic acids is 1. The molecule has 8 heteroatoms. The molecule has 1 aliphatic heterocycles. The standard InChI is InChI=1S/C11H17F3N2O3/c1-2-3-7(8(17)18)16-9(19)10(11(12,13)14)4-5-15-6-10/h7,15H,2-6H2,1H3,(H,16,19)(H,17,18)/t7-,10?/m1/s1. The van der Waals surface area contributed by atoms with Crippen molar-refractivity contribution in [2.45, 2.75) is 38.4 Å². The Bertz CT molecular complexity index is 352. The highest BCUT2D eigenvalue weighted by Crippen LogP contribution is 2.43. The van der Waals surface area contributed by atoms with Gasteiger partial charge in [0.15, 0.2) is 5.41 Å². The van der Waals surface area contributed by atoms with Crippen LogP contribution in [0.2, 0.25) is 0 Å². The first-order chi connectivity index (χ1) is 8.74. The number of hydrogen-bond acceptors (Lipinski definition) is 3. The van der Waals surface area contributed by atoms with Crippen molar-refractivity contribution in [2.24, 2.45) is 5.41 Å². The first-order valence-corrected chi connectivity index (χ1v) is 6.06. The third-order valence-electron chi connectivity index (χ3n) is 3.31. The predicted octanol–water partition coefficient (Wildman–Crippen LogP) is 0.898. The molecule has 3 N–H and O–H groups in total. The molecule has 0 spiro atoms. The summed E-state index contributed by atoms with van der Waals surface area (Å²) in [6, 6.07) is -1.28. The largest absolute Gasteiger partial charge is 0.480 e. The maximum Gasteiger partial charge on any atom is 0.404 e. The van der Waals surface area contributed by atoms with Crippen LogP contribution in [0.3, 0.4) is 0 Å². The Kier molecular flexibility index (Phi) is 4.78. The van der Waals surface area contributed by atoms with Crippen molar-refractivity contribution in [3.8, 4) is 0 Å². The van der Waals surface area contributed by atoms with Gasteiger partial charge in [0.25, 0.3) is 0 Å². The Morgan fingerprint density at radius 2 is 2.11 bits per heavy atom. The van der Waals surface area contributed by atoms with Crippen molar-refractivity contribution in [2.75, 3.05) is 13.1 Å². The van der Waals surface area contributed by atoms with E-state index in [2.05, 4.69) is 5.32 Å². The van der Waals surface area contributed by atoms with Gasteiger partial charge in [-0.3, -0.25) is 4.79 Å². The number of halogens is 3. The van der Waals surface area contributed by atoms with E-state index in [0.29, 0.717) is 6.42 Å². The van der Waals surface area contributed by atoms with E-state index in [1.807, 2.05) is 5.32 Å². The van der Waals surface area contributed by atoms with E-state index in [1.165, 1.54) is 0 Å². The summed E-state index contributed by atoms with van der Waals surface area (Å²) >= 11 is 0. The molecule has 1 aliphatic rings. The van der Waals surface area contributed by atoms with Crippen molar-refractivity contribution < 1.29 is 27.9 Å². The molecule has 110 valence electrons. The van der Waals surface area contributed by atoms with Gasteiger partial charge in [0.1, 0.15) is 6.04 Å². The van der Waals surface area contributed by atoms with Crippen LogP contribution >= 0.6 is 0 Å². The molecule has 1 unspecified atom stereocenters. The summed E-state index contributed by atoms with van der Waals surface area (Å²) in [6.45, 7) is 1.26. The van der Waals surface area contributed by atoms with Crippen LogP contribution in [0.1, 0.15) is 26.2 Å². The zero-order chi connectivity index (χ0) is 14.7. The van der Waals surface area contributed by atoms with Crippen LogP contribution < -0.4 is 10.6 Å². The van der Waals surface area contributed by atoms with Crippen molar-refractivity contribution in [1.29, 1.82) is 0 Å². The molecule has 0 aliphatic carbocycles. The Hall–Kier alpha value is -1.31. The topological polar surface area (TPSA) is 78.4 Å². The maximum atomic E-state index is 13.1. The van der Waals surface area contributed by atoms with E-state index in [9.17, 15) is 22.8 Å². The first-order valence-electron chi connectivity index (χ1n) is 6.06. The summed E-state index contributed by atoms with van der Waals surface area (Å²) in [6.07, 6.45) is -4.52. The Labute approximate surface area is 108 Å².